The Balaban J connectivity index is 1.65. The van der Waals surface area contributed by atoms with Crippen LogP contribution >= 0.6 is 15.9 Å². The lowest BCUT2D eigenvalue weighted by molar-refractivity contribution is -0.157. The minimum Gasteiger partial charge on any atom is -0.481 e. The maximum Gasteiger partial charge on any atom is 0.311 e. The standard InChI is InChI=1S/C17H20BrNO4/c18-14-4-2-1-3-12(14)5-6-15(20)19-9-13-10-23-8-7-17(13,11-19)16(21)22/h1-4,13H,5-11H2,(H,21,22)/t13-,17+/m0/s1. The highest BCUT2D eigenvalue weighted by atomic mass is 79.9. The molecule has 2 heterocycles. The van der Waals surface area contributed by atoms with Crippen LogP contribution in [0.25, 0.3) is 0 Å². The van der Waals surface area contributed by atoms with Gasteiger partial charge in [0.25, 0.3) is 0 Å². The summed E-state index contributed by atoms with van der Waals surface area (Å²) in [6.07, 6.45) is 1.53. The van der Waals surface area contributed by atoms with Crippen LogP contribution in [0.15, 0.2) is 28.7 Å². The number of rotatable bonds is 4. The van der Waals surface area contributed by atoms with Gasteiger partial charge in [-0.2, -0.15) is 0 Å². The molecule has 2 atom stereocenters. The van der Waals surface area contributed by atoms with Crippen molar-refractivity contribution in [2.45, 2.75) is 19.3 Å². The summed E-state index contributed by atoms with van der Waals surface area (Å²) in [6.45, 7) is 1.69. The molecular weight excluding hydrogens is 362 g/mol. The number of ether oxygens (including phenoxy) is 1. The monoisotopic (exact) mass is 381 g/mol. The molecule has 2 saturated heterocycles. The molecule has 124 valence electrons. The number of aryl methyl sites for hydroxylation is 1. The van der Waals surface area contributed by atoms with Crippen LogP contribution in [-0.2, 0) is 20.7 Å². The van der Waals surface area contributed by atoms with Gasteiger partial charge < -0.3 is 14.7 Å². The first-order valence-electron chi connectivity index (χ1n) is 7.85. The Morgan fingerprint density at radius 3 is 2.87 bits per heavy atom. The molecule has 0 aromatic heterocycles. The predicted octanol–water partition coefficient (Wildman–Crippen LogP) is 2.33. The number of carbonyl (C=O) groups excluding carboxylic acids is 1. The molecule has 2 fully saturated rings. The number of fused-ring (bicyclic) bond motifs is 1. The second-order valence-corrected chi connectivity index (χ2v) is 7.20. The fourth-order valence-electron chi connectivity index (χ4n) is 3.59. The van der Waals surface area contributed by atoms with Crippen LogP contribution in [0.3, 0.4) is 0 Å². The van der Waals surface area contributed by atoms with Crippen LogP contribution in [0.5, 0.6) is 0 Å². The molecule has 0 aliphatic carbocycles. The number of amides is 1. The van der Waals surface area contributed by atoms with Gasteiger partial charge in [0.2, 0.25) is 5.91 Å². The molecule has 6 heteroatoms. The molecule has 2 aliphatic heterocycles. The van der Waals surface area contributed by atoms with Crippen molar-refractivity contribution in [3.63, 3.8) is 0 Å². The van der Waals surface area contributed by atoms with Crippen molar-refractivity contribution in [1.82, 2.24) is 4.90 Å². The van der Waals surface area contributed by atoms with Crippen molar-refractivity contribution in [3.05, 3.63) is 34.3 Å². The van der Waals surface area contributed by atoms with E-state index in [1.807, 2.05) is 24.3 Å². The lowest BCUT2D eigenvalue weighted by Gasteiger charge is -2.33. The second-order valence-electron chi connectivity index (χ2n) is 6.35. The number of carboxylic acids is 1. The third-order valence-corrected chi connectivity index (χ3v) is 5.83. The van der Waals surface area contributed by atoms with Gasteiger partial charge in [-0.05, 0) is 24.5 Å². The Kier molecular flexibility index (Phi) is 4.73. The number of aliphatic carboxylic acids is 1. The molecule has 1 aromatic rings. The Hall–Kier alpha value is -1.40. The van der Waals surface area contributed by atoms with E-state index in [1.54, 1.807) is 4.90 Å². The first kappa shape index (κ1) is 16.5. The molecule has 3 rings (SSSR count). The van der Waals surface area contributed by atoms with Gasteiger partial charge in [0, 0.05) is 36.5 Å². The van der Waals surface area contributed by atoms with Crippen molar-refractivity contribution in [3.8, 4) is 0 Å². The highest BCUT2D eigenvalue weighted by molar-refractivity contribution is 9.10. The molecule has 0 bridgehead atoms. The molecule has 23 heavy (non-hydrogen) atoms. The van der Waals surface area contributed by atoms with E-state index in [4.69, 9.17) is 4.74 Å². The van der Waals surface area contributed by atoms with E-state index in [2.05, 4.69) is 15.9 Å². The summed E-state index contributed by atoms with van der Waals surface area (Å²) in [7, 11) is 0. The zero-order valence-corrected chi connectivity index (χ0v) is 14.4. The van der Waals surface area contributed by atoms with Crippen molar-refractivity contribution >= 4 is 27.8 Å². The SMILES string of the molecule is O=C(CCc1ccccc1Br)N1C[C@H]2COCC[C@@]2(C(=O)O)C1. The number of carbonyl (C=O) groups is 2. The lowest BCUT2D eigenvalue weighted by Crippen LogP contribution is -2.45. The number of hydrogen-bond donors (Lipinski definition) is 1. The minimum atomic E-state index is -0.818. The summed E-state index contributed by atoms with van der Waals surface area (Å²) in [6, 6.07) is 7.84. The lowest BCUT2D eigenvalue weighted by atomic mass is 9.74. The molecule has 2 aliphatic rings. The van der Waals surface area contributed by atoms with E-state index in [-0.39, 0.29) is 11.8 Å². The van der Waals surface area contributed by atoms with Crippen LogP contribution in [0, 0.1) is 11.3 Å². The van der Waals surface area contributed by atoms with Crippen molar-refractivity contribution in [2.24, 2.45) is 11.3 Å². The van der Waals surface area contributed by atoms with Gasteiger partial charge in [-0.25, -0.2) is 0 Å². The van der Waals surface area contributed by atoms with Crippen LogP contribution in [0.2, 0.25) is 0 Å². The Bertz CT molecular complexity index is 620. The van der Waals surface area contributed by atoms with Gasteiger partial charge in [-0.15, -0.1) is 0 Å². The molecule has 1 amide bonds. The van der Waals surface area contributed by atoms with E-state index in [9.17, 15) is 14.7 Å². The molecular formula is C17H20BrNO4. The van der Waals surface area contributed by atoms with Gasteiger partial charge in [0.15, 0.2) is 0 Å². The maximum atomic E-state index is 12.5. The molecule has 0 unspecified atom stereocenters. The fourth-order valence-corrected chi connectivity index (χ4v) is 4.07. The van der Waals surface area contributed by atoms with E-state index in [1.165, 1.54) is 0 Å². The number of benzene rings is 1. The Morgan fingerprint density at radius 1 is 1.39 bits per heavy atom. The zero-order valence-electron chi connectivity index (χ0n) is 12.8. The van der Waals surface area contributed by atoms with E-state index in [0.29, 0.717) is 45.6 Å². The van der Waals surface area contributed by atoms with Gasteiger partial charge in [0.1, 0.15) is 0 Å². The van der Waals surface area contributed by atoms with Gasteiger partial charge in [-0.3, -0.25) is 9.59 Å². The van der Waals surface area contributed by atoms with Crippen LogP contribution in [-0.4, -0.2) is 48.2 Å². The first-order chi connectivity index (χ1) is 11.0. The summed E-state index contributed by atoms with van der Waals surface area (Å²) in [5, 5.41) is 9.64. The Labute approximate surface area is 143 Å². The fraction of sp³-hybridized carbons (Fsp3) is 0.529. The third-order valence-electron chi connectivity index (χ3n) is 5.05. The van der Waals surface area contributed by atoms with Crippen LogP contribution < -0.4 is 0 Å². The predicted molar refractivity (Wildman–Crippen MR) is 88.0 cm³/mol. The number of carboxylic acid groups (broad SMARTS) is 1. The number of halogens is 1. The number of hydrogen-bond acceptors (Lipinski definition) is 3. The van der Waals surface area contributed by atoms with Crippen molar-refractivity contribution < 1.29 is 19.4 Å². The van der Waals surface area contributed by atoms with E-state index in [0.717, 1.165) is 10.0 Å². The summed E-state index contributed by atoms with van der Waals surface area (Å²) in [4.78, 5) is 26.0. The summed E-state index contributed by atoms with van der Waals surface area (Å²) in [5.41, 5.74) is 0.273. The van der Waals surface area contributed by atoms with E-state index < -0.39 is 11.4 Å². The second kappa shape index (κ2) is 6.61. The molecule has 0 saturated carbocycles. The molecule has 1 N–H and O–H groups in total. The smallest absolute Gasteiger partial charge is 0.311 e. The number of nitrogens with zero attached hydrogens (tertiary/aromatic N) is 1. The highest BCUT2D eigenvalue weighted by Gasteiger charge is 2.54. The average Bonchev–Trinajstić information content (AvgIpc) is 2.95. The molecule has 5 nitrogen and oxygen atoms in total. The van der Waals surface area contributed by atoms with Gasteiger partial charge >= 0.3 is 5.97 Å². The Morgan fingerprint density at radius 2 is 2.17 bits per heavy atom. The molecule has 0 radical (unpaired) electrons. The largest absolute Gasteiger partial charge is 0.481 e. The van der Waals surface area contributed by atoms with Crippen LogP contribution in [0.1, 0.15) is 18.4 Å². The van der Waals surface area contributed by atoms with Gasteiger partial charge in [0.05, 0.1) is 12.0 Å². The third kappa shape index (κ3) is 3.15. The highest BCUT2D eigenvalue weighted by Crippen LogP contribution is 2.42. The quantitative estimate of drug-likeness (QED) is 0.868. The zero-order chi connectivity index (χ0) is 16.4. The average molecular weight is 382 g/mol. The topological polar surface area (TPSA) is 66.8 Å². The minimum absolute atomic E-state index is 0.0239. The summed E-state index contributed by atoms with van der Waals surface area (Å²) < 4.78 is 6.42. The summed E-state index contributed by atoms with van der Waals surface area (Å²) in [5.74, 6) is -0.871. The molecule has 0 spiro atoms. The van der Waals surface area contributed by atoms with E-state index >= 15 is 0 Å². The van der Waals surface area contributed by atoms with Crippen molar-refractivity contribution in [2.75, 3.05) is 26.3 Å². The summed E-state index contributed by atoms with van der Waals surface area (Å²) >= 11 is 3.49. The first-order valence-corrected chi connectivity index (χ1v) is 8.64. The van der Waals surface area contributed by atoms with Crippen LogP contribution in [0.4, 0.5) is 0 Å². The number of likely N-dealkylation sites (tertiary alicyclic amines) is 1. The van der Waals surface area contributed by atoms with Crippen molar-refractivity contribution in [1.29, 1.82) is 0 Å². The maximum absolute atomic E-state index is 12.5. The molecule has 1 aromatic carbocycles. The normalized spacial score (nSPS) is 26.8. The van der Waals surface area contributed by atoms with Gasteiger partial charge in [-0.1, -0.05) is 34.1 Å².